The molecule has 0 radical (unpaired) electrons. The van der Waals surface area contributed by atoms with Crippen LogP contribution in [0.4, 0.5) is 0 Å². The van der Waals surface area contributed by atoms with Crippen molar-refractivity contribution in [1.82, 2.24) is 4.90 Å². The Labute approximate surface area is 178 Å². The Morgan fingerprint density at radius 3 is 2.37 bits per heavy atom. The first-order valence-corrected chi connectivity index (χ1v) is 10.1. The smallest absolute Gasteiger partial charge is 0.291 e. The van der Waals surface area contributed by atoms with E-state index in [1.165, 1.54) is 0 Å². The van der Waals surface area contributed by atoms with Gasteiger partial charge in [-0.25, -0.2) is 0 Å². The molecule has 4 aromatic rings. The van der Waals surface area contributed by atoms with E-state index in [1.807, 2.05) is 43.3 Å². The zero-order valence-corrected chi connectivity index (χ0v) is 17.0. The summed E-state index contributed by atoms with van der Waals surface area (Å²) in [6.07, 6.45) is 0. The molecule has 0 fully saturated rings. The van der Waals surface area contributed by atoms with Gasteiger partial charge in [-0.3, -0.25) is 9.59 Å². The number of benzene rings is 3. The number of para-hydroxylation sites is 1. The predicted molar refractivity (Wildman–Crippen MR) is 117 cm³/mol. The van der Waals surface area contributed by atoms with Crippen LogP contribution in [0.25, 0.3) is 11.0 Å². The molecule has 0 unspecified atom stereocenters. The number of amides is 1. The summed E-state index contributed by atoms with van der Waals surface area (Å²) in [5, 5.41) is 1.07. The number of fused-ring (bicyclic) bond motifs is 2. The molecule has 5 rings (SSSR count). The highest BCUT2D eigenvalue weighted by atomic mass is 35.5. The fourth-order valence-electron chi connectivity index (χ4n) is 4.01. The molecule has 4 nitrogen and oxygen atoms in total. The molecule has 1 aliphatic rings. The summed E-state index contributed by atoms with van der Waals surface area (Å²) in [5.41, 5.74) is 3.58. The third kappa shape index (κ3) is 3.01. The van der Waals surface area contributed by atoms with Crippen molar-refractivity contribution in [3.63, 3.8) is 0 Å². The van der Waals surface area contributed by atoms with Gasteiger partial charge in [0.05, 0.1) is 17.0 Å². The largest absolute Gasteiger partial charge is 0.450 e. The maximum atomic E-state index is 13.4. The number of carbonyl (C=O) groups excluding carboxylic acids is 1. The summed E-state index contributed by atoms with van der Waals surface area (Å²) in [6, 6.07) is 21.8. The Bertz CT molecular complexity index is 1320. The maximum absolute atomic E-state index is 13.4. The van der Waals surface area contributed by atoms with Crippen LogP contribution in [0, 0.1) is 6.92 Å². The van der Waals surface area contributed by atoms with E-state index in [0.717, 1.165) is 16.7 Å². The third-order valence-corrected chi connectivity index (χ3v) is 5.78. The lowest BCUT2D eigenvalue weighted by Crippen LogP contribution is -2.29. The molecule has 2 heterocycles. The summed E-state index contributed by atoms with van der Waals surface area (Å²) in [4.78, 5) is 28.5. The van der Waals surface area contributed by atoms with E-state index in [9.17, 15) is 9.59 Å². The first-order valence-electron chi connectivity index (χ1n) is 9.70. The van der Waals surface area contributed by atoms with Crippen molar-refractivity contribution in [2.24, 2.45) is 0 Å². The lowest BCUT2D eigenvalue weighted by atomic mass is 9.98. The second-order valence-corrected chi connectivity index (χ2v) is 7.98. The molecule has 1 atom stereocenters. The van der Waals surface area contributed by atoms with Gasteiger partial charge in [0.1, 0.15) is 5.58 Å². The van der Waals surface area contributed by atoms with Crippen molar-refractivity contribution >= 4 is 28.5 Å². The number of rotatable bonds is 3. The molecular formula is C25H18ClNO3. The van der Waals surface area contributed by atoms with Gasteiger partial charge in [-0.1, -0.05) is 65.7 Å². The Morgan fingerprint density at radius 2 is 1.63 bits per heavy atom. The van der Waals surface area contributed by atoms with Gasteiger partial charge in [-0.15, -0.1) is 0 Å². The van der Waals surface area contributed by atoms with Crippen LogP contribution < -0.4 is 5.43 Å². The summed E-state index contributed by atoms with van der Waals surface area (Å²) < 4.78 is 5.94. The van der Waals surface area contributed by atoms with Gasteiger partial charge in [0.15, 0.2) is 5.43 Å². The fourth-order valence-corrected chi connectivity index (χ4v) is 4.14. The average Bonchev–Trinajstić information content (AvgIpc) is 3.03. The minimum absolute atomic E-state index is 0.116. The molecule has 1 aromatic heterocycles. The van der Waals surface area contributed by atoms with Crippen LogP contribution in [0.5, 0.6) is 0 Å². The van der Waals surface area contributed by atoms with Gasteiger partial charge in [-0.2, -0.15) is 0 Å². The van der Waals surface area contributed by atoms with E-state index in [1.54, 1.807) is 41.3 Å². The average molecular weight is 416 g/mol. The summed E-state index contributed by atoms with van der Waals surface area (Å²) in [5.74, 6) is -0.167. The van der Waals surface area contributed by atoms with E-state index >= 15 is 0 Å². The molecular weight excluding hydrogens is 398 g/mol. The number of halogens is 1. The normalized spacial score (nSPS) is 15.6. The van der Waals surface area contributed by atoms with Crippen LogP contribution in [0.1, 0.15) is 38.9 Å². The number of carbonyl (C=O) groups is 1. The molecule has 148 valence electrons. The molecule has 3 aromatic carbocycles. The topological polar surface area (TPSA) is 50.5 Å². The lowest BCUT2D eigenvalue weighted by Gasteiger charge is -2.25. The number of hydrogen-bond acceptors (Lipinski definition) is 3. The Balaban J connectivity index is 1.71. The summed E-state index contributed by atoms with van der Waals surface area (Å²) in [7, 11) is 0. The van der Waals surface area contributed by atoms with Crippen LogP contribution >= 0.6 is 11.6 Å². The van der Waals surface area contributed by atoms with Gasteiger partial charge in [0.2, 0.25) is 5.76 Å². The molecule has 0 spiro atoms. The van der Waals surface area contributed by atoms with Crippen LogP contribution in [-0.4, -0.2) is 10.8 Å². The zero-order chi connectivity index (χ0) is 20.8. The molecule has 0 saturated carbocycles. The highest BCUT2D eigenvalue weighted by molar-refractivity contribution is 6.30. The van der Waals surface area contributed by atoms with Crippen LogP contribution in [-0.2, 0) is 6.54 Å². The van der Waals surface area contributed by atoms with E-state index in [-0.39, 0.29) is 17.1 Å². The van der Waals surface area contributed by atoms with E-state index in [4.69, 9.17) is 16.0 Å². The summed E-state index contributed by atoms with van der Waals surface area (Å²) in [6.45, 7) is 2.39. The van der Waals surface area contributed by atoms with Gasteiger partial charge in [0.25, 0.3) is 5.91 Å². The van der Waals surface area contributed by atoms with Gasteiger partial charge in [-0.05, 0) is 42.3 Å². The molecule has 1 aliphatic heterocycles. The SMILES string of the molecule is Cc1ccc(CN2C(=O)c3oc4ccccc4c(=O)c3[C@H]2c2ccc(Cl)cc2)cc1. The third-order valence-electron chi connectivity index (χ3n) is 5.53. The fraction of sp³-hybridized carbons (Fsp3) is 0.120. The van der Waals surface area contributed by atoms with Crippen molar-refractivity contribution in [1.29, 1.82) is 0 Å². The van der Waals surface area contributed by atoms with Gasteiger partial charge >= 0.3 is 0 Å². The van der Waals surface area contributed by atoms with E-state index in [2.05, 4.69) is 0 Å². The standard InChI is InChI=1S/C25H18ClNO3/c1-15-6-8-16(9-7-15)14-27-22(17-10-12-18(26)13-11-17)21-23(28)19-4-2-3-5-20(19)30-24(21)25(27)29/h2-13,22H,14H2,1H3/t22-/m1/s1. The van der Waals surface area contributed by atoms with Crippen LogP contribution in [0.2, 0.25) is 5.02 Å². The molecule has 0 saturated heterocycles. The highest BCUT2D eigenvalue weighted by Gasteiger charge is 2.42. The van der Waals surface area contributed by atoms with E-state index < -0.39 is 6.04 Å². The van der Waals surface area contributed by atoms with Gasteiger partial charge < -0.3 is 9.32 Å². The first kappa shape index (κ1) is 18.6. The zero-order valence-electron chi connectivity index (χ0n) is 16.3. The molecule has 30 heavy (non-hydrogen) atoms. The minimum Gasteiger partial charge on any atom is -0.450 e. The summed E-state index contributed by atoms with van der Waals surface area (Å²) >= 11 is 6.08. The Kier molecular flexibility index (Phi) is 4.44. The number of aryl methyl sites for hydroxylation is 1. The molecule has 0 bridgehead atoms. The predicted octanol–water partition coefficient (Wildman–Crippen LogP) is 5.50. The second-order valence-electron chi connectivity index (χ2n) is 7.54. The highest BCUT2D eigenvalue weighted by Crippen LogP contribution is 2.39. The quantitative estimate of drug-likeness (QED) is 0.444. The van der Waals surface area contributed by atoms with Crippen molar-refractivity contribution < 1.29 is 9.21 Å². The maximum Gasteiger partial charge on any atom is 0.291 e. The molecule has 1 amide bonds. The number of hydrogen-bond donors (Lipinski definition) is 0. The van der Waals surface area contributed by atoms with E-state index in [0.29, 0.717) is 28.1 Å². The van der Waals surface area contributed by atoms with Crippen LogP contribution in [0.15, 0.2) is 82.0 Å². The first-order chi connectivity index (χ1) is 14.5. The minimum atomic E-state index is -0.535. The molecule has 0 aliphatic carbocycles. The van der Waals surface area contributed by atoms with Gasteiger partial charge in [0, 0.05) is 11.6 Å². The monoisotopic (exact) mass is 415 g/mol. The molecule has 0 N–H and O–H groups in total. The number of nitrogens with zero attached hydrogens (tertiary/aromatic N) is 1. The lowest BCUT2D eigenvalue weighted by molar-refractivity contribution is 0.0714. The Morgan fingerprint density at radius 1 is 0.933 bits per heavy atom. The molecule has 5 heteroatoms. The Hall–Kier alpha value is -3.37. The van der Waals surface area contributed by atoms with Crippen molar-refractivity contribution in [2.45, 2.75) is 19.5 Å². The van der Waals surface area contributed by atoms with Crippen molar-refractivity contribution in [3.05, 3.63) is 116 Å². The second kappa shape index (κ2) is 7.15. The van der Waals surface area contributed by atoms with Crippen molar-refractivity contribution in [3.8, 4) is 0 Å². The van der Waals surface area contributed by atoms with Crippen LogP contribution in [0.3, 0.4) is 0 Å². The van der Waals surface area contributed by atoms with Crippen molar-refractivity contribution in [2.75, 3.05) is 0 Å².